The molecule has 0 aromatic heterocycles. The first kappa shape index (κ1) is 8.57. The minimum absolute atomic E-state index is 0.987. The van der Waals surface area contributed by atoms with Crippen LogP contribution < -0.4 is 5.32 Å². The minimum Gasteiger partial charge on any atom is -0.352 e. The van der Waals surface area contributed by atoms with Gasteiger partial charge in [0.25, 0.3) is 0 Å². The Morgan fingerprint density at radius 1 is 1.33 bits per heavy atom. The van der Waals surface area contributed by atoms with Gasteiger partial charge in [-0.25, -0.2) is 4.79 Å². The van der Waals surface area contributed by atoms with Crippen LogP contribution in [0.1, 0.15) is 11.1 Å². The molecule has 0 aliphatic heterocycles. The summed E-state index contributed by atoms with van der Waals surface area (Å²) in [4.78, 5) is 9.96. The molecule has 0 amide bonds. The van der Waals surface area contributed by atoms with Gasteiger partial charge in [-0.15, -0.1) is 0 Å². The van der Waals surface area contributed by atoms with Gasteiger partial charge in [0.1, 0.15) is 5.94 Å². The van der Waals surface area contributed by atoms with Gasteiger partial charge in [0.05, 0.1) is 6.20 Å². The van der Waals surface area contributed by atoms with E-state index in [9.17, 15) is 4.79 Å². The SMILES string of the molecule is Cc1cccc(C)c1NC=C=O. The second-order valence-corrected chi connectivity index (χ2v) is 2.67. The summed E-state index contributed by atoms with van der Waals surface area (Å²) in [5.74, 6) is 1.68. The molecule has 0 aliphatic rings. The van der Waals surface area contributed by atoms with E-state index in [1.165, 1.54) is 6.20 Å². The molecule has 1 rings (SSSR count). The van der Waals surface area contributed by atoms with Crippen molar-refractivity contribution in [2.24, 2.45) is 0 Å². The Balaban J connectivity index is 3.03. The van der Waals surface area contributed by atoms with Crippen LogP contribution in [-0.2, 0) is 4.79 Å². The highest BCUT2D eigenvalue weighted by Crippen LogP contribution is 2.18. The van der Waals surface area contributed by atoms with Crippen LogP contribution in [0.25, 0.3) is 0 Å². The largest absolute Gasteiger partial charge is 0.352 e. The van der Waals surface area contributed by atoms with Crippen molar-refractivity contribution in [3.8, 4) is 0 Å². The summed E-state index contributed by atoms with van der Waals surface area (Å²) in [6, 6.07) is 5.97. The van der Waals surface area contributed by atoms with Crippen LogP contribution in [0.15, 0.2) is 24.4 Å². The molecule has 0 saturated carbocycles. The molecule has 12 heavy (non-hydrogen) atoms. The van der Waals surface area contributed by atoms with Crippen LogP contribution in [0.4, 0.5) is 5.69 Å². The van der Waals surface area contributed by atoms with Crippen molar-refractivity contribution >= 4 is 11.6 Å². The Hall–Kier alpha value is -1.53. The summed E-state index contributed by atoms with van der Waals surface area (Å²) >= 11 is 0. The molecule has 0 heterocycles. The fraction of sp³-hybridized carbons (Fsp3) is 0.200. The maximum absolute atomic E-state index is 9.96. The molecular weight excluding hydrogens is 150 g/mol. The first-order chi connectivity index (χ1) is 5.75. The van der Waals surface area contributed by atoms with E-state index in [2.05, 4.69) is 5.32 Å². The van der Waals surface area contributed by atoms with Crippen molar-refractivity contribution < 1.29 is 4.79 Å². The van der Waals surface area contributed by atoms with Crippen molar-refractivity contribution in [3.05, 3.63) is 35.5 Å². The lowest BCUT2D eigenvalue weighted by atomic mass is 10.1. The van der Waals surface area contributed by atoms with Crippen molar-refractivity contribution in [1.82, 2.24) is 0 Å². The molecule has 0 unspecified atom stereocenters. The normalized spacial score (nSPS) is 8.83. The second-order valence-electron chi connectivity index (χ2n) is 2.67. The Kier molecular flexibility index (Phi) is 2.67. The van der Waals surface area contributed by atoms with E-state index in [4.69, 9.17) is 0 Å². The van der Waals surface area contributed by atoms with Crippen LogP contribution in [0.3, 0.4) is 0 Å². The molecule has 62 valence electrons. The maximum atomic E-state index is 9.96. The monoisotopic (exact) mass is 161 g/mol. The van der Waals surface area contributed by atoms with Gasteiger partial charge in [-0.1, -0.05) is 18.2 Å². The second kappa shape index (κ2) is 3.74. The summed E-state index contributed by atoms with van der Waals surface area (Å²) in [6.45, 7) is 3.99. The Morgan fingerprint density at radius 2 is 1.92 bits per heavy atom. The van der Waals surface area contributed by atoms with Crippen LogP contribution in [0, 0.1) is 13.8 Å². The van der Waals surface area contributed by atoms with E-state index in [0.29, 0.717) is 0 Å². The van der Waals surface area contributed by atoms with E-state index in [1.807, 2.05) is 32.0 Å². The molecule has 1 N–H and O–H groups in total. The van der Waals surface area contributed by atoms with Crippen LogP contribution >= 0.6 is 0 Å². The number of hydrogen-bond donors (Lipinski definition) is 1. The third-order valence-electron chi connectivity index (χ3n) is 1.76. The average molecular weight is 161 g/mol. The highest BCUT2D eigenvalue weighted by Gasteiger charge is 1.97. The van der Waals surface area contributed by atoms with Gasteiger partial charge < -0.3 is 5.32 Å². The Labute approximate surface area is 71.9 Å². The fourth-order valence-corrected chi connectivity index (χ4v) is 1.14. The Bertz CT molecular complexity index is 304. The van der Waals surface area contributed by atoms with Gasteiger partial charge in [0.15, 0.2) is 0 Å². The standard InChI is InChI=1S/C10H11NO/c1-8-4-3-5-9(2)10(8)11-6-7-12/h3-6,11H,1-2H3. The minimum atomic E-state index is 0.987. The number of benzene rings is 1. The number of hydrogen-bond acceptors (Lipinski definition) is 2. The highest BCUT2D eigenvalue weighted by atomic mass is 16.1. The first-order valence-electron chi connectivity index (χ1n) is 3.78. The quantitative estimate of drug-likeness (QED) is 0.673. The van der Waals surface area contributed by atoms with Gasteiger partial charge in [-0.05, 0) is 25.0 Å². The first-order valence-corrected chi connectivity index (χ1v) is 3.78. The van der Waals surface area contributed by atoms with Gasteiger partial charge >= 0.3 is 0 Å². The highest BCUT2D eigenvalue weighted by molar-refractivity contribution is 5.62. The topological polar surface area (TPSA) is 29.1 Å². The van der Waals surface area contributed by atoms with Gasteiger partial charge in [-0.3, -0.25) is 0 Å². The smallest absolute Gasteiger partial charge is 0.142 e. The van der Waals surface area contributed by atoms with Gasteiger partial charge in [0, 0.05) is 5.69 Å². The predicted octanol–water partition coefficient (Wildman–Crippen LogP) is 2.06. The maximum Gasteiger partial charge on any atom is 0.142 e. The van der Waals surface area contributed by atoms with Gasteiger partial charge in [-0.2, -0.15) is 0 Å². The Morgan fingerprint density at radius 3 is 2.42 bits per heavy atom. The van der Waals surface area contributed by atoms with E-state index in [0.717, 1.165) is 16.8 Å². The molecule has 1 aromatic rings. The zero-order chi connectivity index (χ0) is 8.97. The lowest BCUT2D eigenvalue weighted by Crippen LogP contribution is -1.93. The van der Waals surface area contributed by atoms with Crippen LogP contribution in [0.5, 0.6) is 0 Å². The number of rotatable bonds is 2. The number of nitrogens with one attached hydrogen (secondary N) is 1. The molecule has 2 heteroatoms. The number of para-hydroxylation sites is 1. The molecule has 0 radical (unpaired) electrons. The molecule has 0 saturated heterocycles. The van der Waals surface area contributed by atoms with Crippen molar-refractivity contribution in [2.75, 3.05) is 5.32 Å². The van der Waals surface area contributed by atoms with Crippen molar-refractivity contribution in [1.29, 1.82) is 0 Å². The van der Waals surface area contributed by atoms with Crippen LogP contribution in [0.2, 0.25) is 0 Å². The van der Waals surface area contributed by atoms with Gasteiger partial charge in [0.2, 0.25) is 0 Å². The molecule has 0 fully saturated rings. The summed E-state index contributed by atoms with van der Waals surface area (Å²) in [5.41, 5.74) is 3.24. The van der Waals surface area contributed by atoms with Crippen molar-refractivity contribution in [3.63, 3.8) is 0 Å². The molecular formula is C10H11NO. The van der Waals surface area contributed by atoms with E-state index >= 15 is 0 Å². The summed E-state index contributed by atoms with van der Waals surface area (Å²) in [5, 5.41) is 2.88. The lowest BCUT2D eigenvalue weighted by Gasteiger charge is -2.07. The third kappa shape index (κ3) is 1.74. The molecule has 2 nitrogen and oxygen atoms in total. The molecule has 0 bridgehead atoms. The molecule has 0 atom stereocenters. The molecule has 0 aliphatic carbocycles. The fourth-order valence-electron chi connectivity index (χ4n) is 1.14. The summed E-state index contributed by atoms with van der Waals surface area (Å²) in [7, 11) is 0. The zero-order valence-corrected chi connectivity index (χ0v) is 7.22. The zero-order valence-electron chi connectivity index (χ0n) is 7.22. The van der Waals surface area contributed by atoms with Crippen molar-refractivity contribution in [2.45, 2.75) is 13.8 Å². The number of aryl methyl sites for hydroxylation is 2. The molecule has 1 aromatic carbocycles. The number of anilines is 1. The lowest BCUT2D eigenvalue weighted by molar-refractivity contribution is 0.569. The summed E-state index contributed by atoms with van der Waals surface area (Å²) < 4.78 is 0. The summed E-state index contributed by atoms with van der Waals surface area (Å²) in [6.07, 6.45) is 1.27. The van der Waals surface area contributed by atoms with Crippen LogP contribution in [-0.4, -0.2) is 5.94 Å². The van der Waals surface area contributed by atoms with E-state index < -0.39 is 0 Å². The third-order valence-corrected chi connectivity index (χ3v) is 1.76. The van der Waals surface area contributed by atoms with E-state index in [1.54, 1.807) is 5.94 Å². The number of carbonyl (C=O) groups excluding carboxylic acids is 1. The predicted molar refractivity (Wildman–Crippen MR) is 49.8 cm³/mol. The van der Waals surface area contributed by atoms with E-state index in [-0.39, 0.29) is 0 Å². The average Bonchev–Trinajstić information content (AvgIpc) is 2.04. The molecule has 0 spiro atoms.